The molecule has 0 aromatic carbocycles. The molecule has 54 valence electrons. The predicted molar refractivity (Wildman–Crippen MR) is 40.4 cm³/mol. The SMILES string of the molecule is CC(C)C=C(O)C(C)C. The Morgan fingerprint density at radius 1 is 1.22 bits per heavy atom. The van der Waals surface area contributed by atoms with Gasteiger partial charge in [-0.3, -0.25) is 0 Å². The third-order valence-electron chi connectivity index (χ3n) is 1.10. The topological polar surface area (TPSA) is 20.2 Å². The molecule has 0 heterocycles. The fourth-order valence-corrected chi connectivity index (χ4v) is 0.534. The standard InChI is InChI=1S/C8H16O/c1-6(2)5-8(9)7(3)4/h5-7,9H,1-4H3. The van der Waals surface area contributed by atoms with Crippen LogP contribution >= 0.6 is 0 Å². The fraction of sp³-hybridized carbons (Fsp3) is 0.750. The lowest BCUT2D eigenvalue weighted by Gasteiger charge is -2.03. The number of hydrogen-bond acceptors (Lipinski definition) is 1. The van der Waals surface area contributed by atoms with Crippen molar-refractivity contribution >= 4 is 0 Å². The van der Waals surface area contributed by atoms with E-state index in [0.29, 0.717) is 11.7 Å². The van der Waals surface area contributed by atoms with Crippen LogP contribution in [0.3, 0.4) is 0 Å². The van der Waals surface area contributed by atoms with Crippen LogP contribution in [-0.2, 0) is 0 Å². The second-order valence-electron chi connectivity index (χ2n) is 2.99. The molecule has 0 aliphatic carbocycles. The molecule has 0 atom stereocenters. The van der Waals surface area contributed by atoms with Crippen LogP contribution in [0.15, 0.2) is 11.8 Å². The van der Waals surface area contributed by atoms with Gasteiger partial charge in [0.1, 0.15) is 0 Å². The molecule has 0 bridgehead atoms. The second kappa shape index (κ2) is 3.54. The van der Waals surface area contributed by atoms with Gasteiger partial charge in [0.2, 0.25) is 0 Å². The molecule has 0 aromatic rings. The summed E-state index contributed by atoms with van der Waals surface area (Å²) in [5.74, 6) is 1.23. The Labute approximate surface area is 57.4 Å². The monoisotopic (exact) mass is 128 g/mol. The van der Waals surface area contributed by atoms with Gasteiger partial charge in [-0.25, -0.2) is 0 Å². The van der Waals surface area contributed by atoms with E-state index in [1.807, 2.05) is 19.9 Å². The quantitative estimate of drug-likeness (QED) is 0.567. The van der Waals surface area contributed by atoms with Crippen molar-refractivity contribution in [2.45, 2.75) is 27.7 Å². The zero-order valence-corrected chi connectivity index (χ0v) is 6.68. The highest BCUT2D eigenvalue weighted by Gasteiger charge is 1.99. The minimum absolute atomic E-state index is 0.271. The van der Waals surface area contributed by atoms with Crippen LogP contribution in [0.2, 0.25) is 0 Å². The molecule has 0 radical (unpaired) electrons. The van der Waals surface area contributed by atoms with E-state index in [1.165, 1.54) is 0 Å². The van der Waals surface area contributed by atoms with E-state index in [0.717, 1.165) is 0 Å². The van der Waals surface area contributed by atoms with Gasteiger partial charge in [0.15, 0.2) is 0 Å². The van der Waals surface area contributed by atoms with Crippen molar-refractivity contribution in [3.8, 4) is 0 Å². The molecule has 0 aliphatic rings. The van der Waals surface area contributed by atoms with Crippen molar-refractivity contribution in [3.63, 3.8) is 0 Å². The summed E-state index contributed by atoms with van der Waals surface area (Å²) >= 11 is 0. The number of aliphatic hydroxyl groups is 1. The smallest absolute Gasteiger partial charge is 0.0910 e. The molecule has 0 aliphatic heterocycles. The highest BCUT2D eigenvalue weighted by atomic mass is 16.3. The van der Waals surface area contributed by atoms with Crippen molar-refractivity contribution in [1.29, 1.82) is 0 Å². The van der Waals surface area contributed by atoms with E-state index in [2.05, 4.69) is 13.8 Å². The minimum Gasteiger partial charge on any atom is -0.512 e. The molecule has 1 heteroatoms. The Hall–Kier alpha value is -0.460. The molecule has 0 unspecified atom stereocenters. The third-order valence-corrected chi connectivity index (χ3v) is 1.10. The summed E-state index contributed by atoms with van der Waals surface area (Å²) in [6, 6.07) is 0. The maximum atomic E-state index is 9.16. The zero-order chi connectivity index (χ0) is 7.44. The van der Waals surface area contributed by atoms with Crippen LogP contribution in [0.1, 0.15) is 27.7 Å². The van der Waals surface area contributed by atoms with Crippen LogP contribution < -0.4 is 0 Å². The van der Waals surface area contributed by atoms with Gasteiger partial charge in [-0.1, -0.05) is 27.7 Å². The molecule has 9 heavy (non-hydrogen) atoms. The van der Waals surface area contributed by atoms with E-state index in [9.17, 15) is 0 Å². The Bertz CT molecular complexity index is 101. The molecule has 1 N–H and O–H groups in total. The normalized spacial score (nSPS) is 13.3. The van der Waals surface area contributed by atoms with Gasteiger partial charge in [0.25, 0.3) is 0 Å². The zero-order valence-electron chi connectivity index (χ0n) is 6.68. The van der Waals surface area contributed by atoms with Gasteiger partial charge in [-0.05, 0) is 12.0 Å². The summed E-state index contributed by atoms with van der Waals surface area (Å²) in [6.07, 6.45) is 1.88. The maximum Gasteiger partial charge on any atom is 0.0910 e. The average molecular weight is 128 g/mol. The van der Waals surface area contributed by atoms with E-state index in [-0.39, 0.29) is 5.92 Å². The summed E-state index contributed by atoms with van der Waals surface area (Å²) in [5, 5.41) is 9.16. The molecule has 0 aromatic heterocycles. The Kier molecular flexibility index (Phi) is 3.36. The van der Waals surface area contributed by atoms with Gasteiger partial charge in [0.05, 0.1) is 5.76 Å². The van der Waals surface area contributed by atoms with Gasteiger partial charge in [-0.2, -0.15) is 0 Å². The Morgan fingerprint density at radius 2 is 1.67 bits per heavy atom. The molecule has 0 saturated carbocycles. The summed E-state index contributed by atoms with van der Waals surface area (Å²) in [5.41, 5.74) is 0. The lowest BCUT2D eigenvalue weighted by atomic mass is 10.1. The molecule has 0 saturated heterocycles. The lowest BCUT2D eigenvalue weighted by molar-refractivity contribution is 0.346. The lowest BCUT2D eigenvalue weighted by Crippen LogP contribution is -1.94. The molecule has 0 rings (SSSR count). The molecule has 0 fully saturated rings. The van der Waals surface area contributed by atoms with Crippen molar-refractivity contribution in [2.24, 2.45) is 11.8 Å². The minimum atomic E-state index is 0.271. The van der Waals surface area contributed by atoms with Crippen LogP contribution in [-0.4, -0.2) is 5.11 Å². The van der Waals surface area contributed by atoms with Gasteiger partial charge < -0.3 is 5.11 Å². The van der Waals surface area contributed by atoms with Crippen molar-refractivity contribution in [1.82, 2.24) is 0 Å². The molecule has 0 amide bonds. The maximum absolute atomic E-state index is 9.16. The van der Waals surface area contributed by atoms with Crippen LogP contribution in [0.25, 0.3) is 0 Å². The van der Waals surface area contributed by atoms with Gasteiger partial charge in [0, 0.05) is 5.92 Å². The van der Waals surface area contributed by atoms with E-state index < -0.39 is 0 Å². The number of rotatable bonds is 2. The third kappa shape index (κ3) is 4.07. The first-order chi connectivity index (χ1) is 4.04. The molecular formula is C8H16O. The Morgan fingerprint density at radius 3 is 1.78 bits per heavy atom. The number of hydrogen-bond donors (Lipinski definition) is 1. The first-order valence-corrected chi connectivity index (χ1v) is 3.44. The van der Waals surface area contributed by atoms with Gasteiger partial charge >= 0.3 is 0 Å². The van der Waals surface area contributed by atoms with Crippen LogP contribution in [0.4, 0.5) is 0 Å². The van der Waals surface area contributed by atoms with E-state index >= 15 is 0 Å². The van der Waals surface area contributed by atoms with Crippen molar-refractivity contribution in [3.05, 3.63) is 11.8 Å². The van der Waals surface area contributed by atoms with Crippen molar-refractivity contribution < 1.29 is 5.11 Å². The molecule has 1 nitrogen and oxygen atoms in total. The summed E-state index contributed by atoms with van der Waals surface area (Å²) in [6.45, 7) is 8.07. The summed E-state index contributed by atoms with van der Waals surface area (Å²) in [4.78, 5) is 0. The molecule has 0 spiro atoms. The van der Waals surface area contributed by atoms with Gasteiger partial charge in [-0.15, -0.1) is 0 Å². The van der Waals surface area contributed by atoms with Crippen LogP contribution in [0.5, 0.6) is 0 Å². The largest absolute Gasteiger partial charge is 0.512 e. The second-order valence-corrected chi connectivity index (χ2v) is 2.99. The highest BCUT2D eigenvalue weighted by Crippen LogP contribution is 2.08. The number of aliphatic hydroxyl groups excluding tert-OH is 1. The highest BCUT2D eigenvalue weighted by molar-refractivity contribution is 4.95. The number of allylic oxidation sites excluding steroid dienone is 2. The molecular weight excluding hydrogens is 112 g/mol. The first-order valence-electron chi connectivity index (χ1n) is 3.44. The predicted octanol–water partition coefficient (Wildman–Crippen LogP) is 2.74. The Balaban J connectivity index is 3.84. The fourth-order valence-electron chi connectivity index (χ4n) is 0.534. The van der Waals surface area contributed by atoms with E-state index in [1.54, 1.807) is 0 Å². The summed E-state index contributed by atoms with van der Waals surface area (Å²) in [7, 11) is 0. The average Bonchev–Trinajstić information content (AvgIpc) is 1.63. The first kappa shape index (κ1) is 8.54. The van der Waals surface area contributed by atoms with Crippen LogP contribution in [0, 0.1) is 11.8 Å². The van der Waals surface area contributed by atoms with E-state index in [4.69, 9.17) is 5.11 Å². The van der Waals surface area contributed by atoms with Crippen molar-refractivity contribution in [2.75, 3.05) is 0 Å². The summed E-state index contributed by atoms with van der Waals surface area (Å²) < 4.78 is 0.